The van der Waals surface area contributed by atoms with E-state index in [0.29, 0.717) is 0 Å². The predicted octanol–water partition coefficient (Wildman–Crippen LogP) is -1.17. The Morgan fingerprint density at radius 1 is 1.42 bits per heavy atom. The van der Waals surface area contributed by atoms with Crippen molar-refractivity contribution in [2.45, 2.75) is 18.7 Å². The van der Waals surface area contributed by atoms with Crippen molar-refractivity contribution in [1.29, 1.82) is 0 Å². The minimum Gasteiger partial charge on any atom is -0.367 e. The molecule has 1 atom stereocenters. The summed E-state index contributed by atoms with van der Waals surface area (Å²) in [6.07, 6.45) is 0.901. The summed E-state index contributed by atoms with van der Waals surface area (Å²) in [5.74, 6) is -1.55. The summed E-state index contributed by atoms with van der Waals surface area (Å²) >= 11 is 0. The van der Waals surface area contributed by atoms with E-state index in [4.69, 9.17) is 11.5 Å². The second kappa shape index (κ2) is 3.02. The van der Waals surface area contributed by atoms with Crippen LogP contribution in [0.25, 0.3) is 0 Å². The highest BCUT2D eigenvalue weighted by Gasteiger charge is 2.45. The molecular weight excluding hydrogens is 180 g/mol. The van der Waals surface area contributed by atoms with E-state index in [0.717, 1.165) is 6.26 Å². The number of sulfone groups is 1. The molecule has 0 fully saturated rings. The van der Waals surface area contributed by atoms with Crippen LogP contribution in [0, 0.1) is 5.92 Å². The number of hydrogen-bond acceptors (Lipinski definition) is 4. The van der Waals surface area contributed by atoms with E-state index in [1.165, 1.54) is 13.8 Å². The average molecular weight is 194 g/mol. The van der Waals surface area contributed by atoms with Gasteiger partial charge in [0.15, 0.2) is 14.7 Å². The number of rotatable bonds is 3. The van der Waals surface area contributed by atoms with Gasteiger partial charge in [0.2, 0.25) is 0 Å². The molecule has 0 aliphatic rings. The lowest BCUT2D eigenvalue weighted by atomic mass is 10.0. The van der Waals surface area contributed by atoms with Crippen molar-refractivity contribution in [1.82, 2.24) is 0 Å². The summed E-state index contributed by atoms with van der Waals surface area (Å²) in [6, 6.07) is 0. The molecule has 0 aliphatic carbocycles. The molecule has 0 aromatic rings. The van der Waals surface area contributed by atoms with Crippen molar-refractivity contribution in [3.05, 3.63) is 0 Å². The number of carbonyl (C=O) groups excluding carboxylic acids is 1. The third kappa shape index (κ3) is 1.59. The molecule has 0 aliphatic heterocycles. The molecule has 0 rings (SSSR count). The molecule has 4 N–H and O–H groups in total. The van der Waals surface area contributed by atoms with Gasteiger partial charge in [0.1, 0.15) is 0 Å². The maximum Gasteiger partial charge on any atom is 0.253 e. The highest BCUT2D eigenvalue weighted by Crippen LogP contribution is 2.19. The standard InChI is InChI=1S/C6H14N2O3S/c1-4(2)6(8,5(7)9)12(3,10)11/h4H,8H2,1-3H3,(H2,7,9)/t6-/m1/s1. The third-order valence-corrected chi connectivity index (χ3v) is 3.76. The van der Waals surface area contributed by atoms with Gasteiger partial charge < -0.3 is 11.5 Å². The van der Waals surface area contributed by atoms with E-state index in [1.54, 1.807) is 0 Å². The lowest BCUT2D eigenvalue weighted by molar-refractivity contribution is -0.121. The normalized spacial score (nSPS) is 17.4. The first-order valence-corrected chi connectivity index (χ1v) is 5.31. The Hall–Kier alpha value is -0.620. The van der Waals surface area contributed by atoms with Crippen molar-refractivity contribution in [3.8, 4) is 0 Å². The molecular formula is C6H14N2O3S. The summed E-state index contributed by atoms with van der Waals surface area (Å²) in [5.41, 5.74) is 10.3. The average Bonchev–Trinajstić information content (AvgIpc) is 1.82. The quantitative estimate of drug-likeness (QED) is 0.590. The summed E-state index contributed by atoms with van der Waals surface area (Å²) in [7, 11) is -3.66. The molecule has 0 unspecified atom stereocenters. The largest absolute Gasteiger partial charge is 0.367 e. The molecule has 6 heteroatoms. The summed E-state index contributed by atoms with van der Waals surface area (Å²) < 4.78 is 22.2. The highest BCUT2D eigenvalue weighted by atomic mass is 32.2. The molecule has 0 saturated heterocycles. The van der Waals surface area contributed by atoms with Gasteiger partial charge in [-0.1, -0.05) is 13.8 Å². The molecule has 0 spiro atoms. The second-order valence-corrected chi connectivity index (χ2v) is 5.30. The van der Waals surface area contributed by atoms with Crippen molar-refractivity contribution in [3.63, 3.8) is 0 Å². The number of carbonyl (C=O) groups is 1. The van der Waals surface area contributed by atoms with Gasteiger partial charge >= 0.3 is 0 Å². The zero-order valence-corrected chi connectivity index (χ0v) is 8.18. The van der Waals surface area contributed by atoms with Crippen molar-refractivity contribution in [2.75, 3.05) is 6.26 Å². The van der Waals surface area contributed by atoms with Crippen LogP contribution in [0.15, 0.2) is 0 Å². The molecule has 0 radical (unpaired) electrons. The number of hydrogen-bond donors (Lipinski definition) is 2. The van der Waals surface area contributed by atoms with Crippen molar-refractivity contribution >= 4 is 15.7 Å². The minimum absolute atomic E-state index is 0.537. The molecule has 72 valence electrons. The topological polar surface area (TPSA) is 103 Å². The molecule has 5 nitrogen and oxygen atoms in total. The Bertz CT molecular complexity index is 283. The Labute approximate surface area is 72.0 Å². The Morgan fingerprint density at radius 2 is 1.75 bits per heavy atom. The van der Waals surface area contributed by atoms with E-state index in [9.17, 15) is 13.2 Å². The van der Waals surface area contributed by atoms with E-state index >= 15 is 0 Å². The lowest BCUT2D eigenvalue weighted by Crippen LogP contribution is -2.61. The Balaban J connectivity index is 5.33. The van der Waals surface area contributed by atoms with E-state index in [2.05, 4.69) is 0 Å². The fourth-order valence-electron chi connectivity index (χ4n) is 0.895. The van der Waals surface area contributed by atoms with Gasteiger partial charge in [0, 0.05) is 6.26 Å². The first kappa shape index (κ1) is 11.4. The van der Waals surface area contributed by atoms with E-state index in [-0.39, 0.29) is 0 Å². The first-order chi connectivity index (χ1) is 5.14. The van der Waals surface area contributed by atoms with E-state index < -0.39 is 26.5 Å². The SMILES string of the molecule is CC(C)[C@](N)(C(N)=O)S(C)(=O)=O. The summed E-state index contributed by atoms with van der Waals surface area (Å²) in [4.78, 5) is 8.88. The van der Waals surface area contributed by atoms with Crippen LogP contribution in [-0.2, 0) is 14.6 Å². The molecule has 0 aromatic heterocycles. The Morgan fingerprint density at radius 3 is 1.75 bits per heavy atom. The number of nitrogens with two attached hydrogens (primary N) is 2. The van der Waals surface area contributed by atoms with Crippen molar-refractivity contribution in [2.24, 2.45) is 17.4 Å². The number of amides is 1. The van der Waals surface area contributed by atoms with Gasteiger partial charge in [-0.3, -0.25) is 4.79 Å². The van der Waals surface area contributed by atoms with Crippen molar-refractivity contribution < 1.29 is 13.2 Å². The fraction of sp³-hybridized carbons (Fsp3) is 0.833. The van der Waals surface area contributed by atoms with Gasteiger partial charge in [0.05, 0.1) is 0 Å². The molecule has 0 heterocycles. The minimum atomic E-state index is -3.66. The zero-order valence-electron chi connectivity index (χ0n) is 7.37. The molecule has 12 heavy (non-hydrogen) atoms. The molecule has 0 saturated carbocycles. The molecule has 0 aromatic carbocycles. The molecule has 1 amide bonds. The summed E-state index contributed by atoms with van der Waals surface area (Å²) in [5, 5.41) is 0. The van der Waals surface area contributed by atoms with Gasteiger partial charge in [-0.2, -0.15) is 0 Å². The van der Waals surface area contributed by atoms with Gasteiger partial charge in [0.25, 0.3) is 5.91 Å². The van der Waals surface area contributed by atoms with Crippen LogP contribution in [0.3, 0.4) is 0 Å². The smallest absolute Gasteiger partial charge is 0.253 e. The monoisotopic (exact) mass is 194 g/mol. The lowest BCUT2D eigenvalue weighted by Gasteiger charge is -2.27. The predicted molar refractivity (Wildman–Crippen MR) is 45.8 cm³/mol. The van der Waals surface area contributed by atoms with Gasteiger partial charge in [-0.05, 0) is 5.92 Å². The fourth-order valence-corrected chi connectivity index (χ4v) is 2.12. The highest BCUT2D eigenvalue weighted by molar-refractivity contribution is 7.92. The van der Waals surface area contributed by atoms with Crippen LogP contribution in [0.4, 0.5) is 0 Å². The van der Waals surface area contributed by atoms with Crippen LogP contribution in [0.5, 0.6) is 0 Å². The summed E-state index contributed by atoms with van der Waals surface area (Å²) in [6.45, 7) is 3.07. The molecule has 0 bridgehead atoms. The maximum atomic E-state index is 11.1. The van der Waals surface area contributed by atoms with Crippen LogP contribution in [0.2, 0.25) is 0 Å². The third-order valence-electron chi connectivity index (χ3n) is 1.86. The first-order valence-electron chi connectivity index (χ1n) is 3.42. The van der Waals surface area contributed by atoms with Crippen LogP contribution in [0.1, 0.15) is 13.8 Å². The maximum absolute atomic E-state index is 11.1. The second-order valence-electron chi connectivity index (χ2n) is 3.08. The van der Waals surface area contributed by atoms with Gasteiger partial charge in [-0.15, -0.1) is 0 Å². The van der Waals surface area contributed by atoms with E-state index in [1.807, 2.05) is 0 Å². The number of primary amides is 1. The Kier molecular flexibility index (Phi) is 2.87. The van der Waals surface area contributed by atoms with Crippen LogP contribution in [-0.4, -0.2) is 25.5 Å². The zero-order chi connectivity index (χ0) is 10.2. The van der Waals surface area contributed by atoms with Crippen LogP contribution < -0.4 is 11.5 Å². The van der Waals surface area contributed by atoms with Crippen LogP contribution >= 0.6 is 0 Å². The van der Waals surface area contributed by atoms with Gasteiger partial charge in [-0.25, -0.2) is 8.42 Å².